The van der Waals surface area contributed by atoms with E-state index in [4.69, 9.17) is 0 Å². The molecule has 6 heteroatoms. The van der Waals surface area contributed by atoms with Gasteiger partial charge in [-0.15, -0.1) is 13.2 Å². The summed E-state index contributed by atoms with van der Waals surface area (Å²) in [6.45, 7) is 2.64. The SMILES string of the molecule is FC(F)(F)Oc1ccccc1CNC1CCN2CCCC12. The Bertz CT molecular complexity index is 492. The fourth-order valence-corrected chi connectivity index (χ4v) is 3.44. The van der Waals surface area contributed by atoms with E-state index in [9.17, 15) is 13.2 Å². The zero-order valence-electron chi connectivity index (χ0n) is 11.7. The smallest absolute Gasteiger partial charge is 0.405 e. The standard InChI is InChI=1S/C15H19F3N2O/c16-15(17,18)21-14-6-2-1-4-11(14)10-19-12-7-9-20-8-3-5-13(12)20/h1-2,4,6,12-13,19H,3,5,7-10H2. The lowest BCUT2D eigenvalue weighted by molar-refractivity contribution is -0.274. The first-order valence-corrected chi connectivity index (χ1v) is 7.34. The van der Waals surface area contributed by atoms with E-state index in [0.717, 1.165) is 19.5 Å². The number of rotatable bonds is 4. The number of benzene rings is 1. The molecule has 3 rings (SSSR count). The summed E-state index contributed by atoms with van der Waals surface area (Å²) < 4.78 is 41.3. The summed E-state index contributed by atoms with van der Waals surface area (Å²) in [5.41, 5.74) is 0.547. The number of nitrogens with one attached hydrogen (secondary N) is 1. The fraction of sp³-hybridized carbons (Fsp3) is 0.600. The highest BCUT2D eigenvalue weighted by molar-refractivity contribution is 5.33. The molecule has 0 spiro atoms. The molecule has 0 saturated carbocycles. The van der Waals surface area contributed by atoms with Crippen LogP contribution < -0.4 is 10.1 Å². The van der Waals surface area contributed by atoms with Crippen LogP contribution in [0.25, 0.3) is 0 Å². The number of para-hydroxylation sites is 1. The predicted octanol–water partition coefficient (Wildman–Crippen LogP) is 2.91. The molecule has 0 aromatic heterocycles. The zero-order valence-corrected chi connectivity index (χ0v) is 11.7. The molecule has 0 aliphatic carbocycles. The molecule has 0 amide bonds. The van der Waals surface area contributed by atoms with Crippen LogP contribution in [0.1, 0.15) is 24.8 Å². The summed E-state index contributed by atoms with van der Waals surface area (Å²) in [4.78, 5) is 2.47. The normalized spacial score (nSPS) is 26.0. The van der Waals surface area contributed by atoms with Gasteiger partial charge in [0, 0.05) is 30.7 Å². The molecule has 2 heterocycles. The van der Waals surface area contributed by atoms with Gasteiger partial charge in [0.1, 0.15) is 5.75 Å². The number of alkyl halides is 3. The van der Waals surface area contributed by atoms with Gasteiger partial charge in [0.15, 0.2) is 0 Å². The molecule has 2 atom stereocenters. The third-order valence-electron chi connectivity index (χ3n) is 4.36. The van der Waals surface area contributed by atoms with Gasteiger partial charge in [-0.25, -0.2) is 0 Å². The number of hydrogen-bond donors (Lipinski definition) is 1. The van der Waals surface area contributed by atoms with Crippen LogP contribution in [0.4, 0.5) is 13.2 Å². The lowest BCUT2D eigenvalue weighted by Gasteiger charge is -2.22. The van der Waals surface area contributed by atoms with Crippen LogP contribution >= 0.6 is 0 Å². The van der Waals surface area contributed by atoms with E-state index in [1.807, 2.05) is 0 Å². The van der Waals surface area contributed by atoms with Crippen molar-refractivity contribution in [3.05, 3.63) is 29.8 Å². The van der Waals surface area contributed by atoms with E-state index in [0.29, 0.717) is 24.2 Å². The van der Waals surface area contributed by atoms with Crippen LogP contribution in [0.15, 0.2) is 24.3 Å². The summed E-state index contributed by atoms with van der Waals surface area (Å²) in [5, 5.41) is 3.41. The number of halogens is 3. The minimum absolute atomic E-state index is 0.112. The van der Waals surface area contributed by atoms with Crippen LogP contribution in [-0.2, 0) is 6.54 Å². The Morgan fingerprint density at radius 1 is 1.19 bits per heavy atom. The second-order valence-corrected chi connectivity index (χ2v) is 5.68. The number of ether oxygens (including phenoxy) is 1. The quantitative estimate of drug-likeness (QED) is 0.925. The second kappa shape index (κ2) is 5.85. The molecular weight excluding hydrogens is 281 g/mol. The zero-order chi connectivity index (χ0) is 14.9. The molecule has 1 N–H and O–H groups in total. The molecule has 2 aliphatic rings. The van der Waals surface area contributed by atoms with Gasteiger partial charge in [-0.1, -0.05) is 18.2 Å². The lowest BCUT2D eigenvalue weighted by Crippen LogP contribution is -2.38. The Balaban J connectivity index is 1.63. The third kappa shape index (κ3) is 3.49. The van der Waals surface area contributed by atoms with Crippen molar-refractivity contribution in [1.82, 2.24) is 10.2 Å². The number of hydrogen-bond acceptors (Lipinski definition) is 3. The summed E-state index contributed by atoms with van der Waals surface area (Å²) in [6, 6.07) is 7.23. The lowest BCUT2D eigenvalue weighted by atomic mass is 10.1. The molecule has 116 valence electrons. The molecular formula is C15H19F3N2O. The molecule has 2 aliphatic heterocycles. The van der Waals surface area contributed by atoms with E-state index < -0.39 is 6.36 Å². The van der Waals surface area contributed by atoms with E-state index in [-0.39, 0.29) is 5.75 Å². The average molecular weight is 300 g/mol. The first-order chi connectivity index (χ1) is 10.0. The Kier molecular flexibility index (Phi) is 4.08. The van der Waals surface area contributed by atoms with E-state index in [1.54, 1.807) is 18.2 Å². The highest BCUT2D eigenvalue weighted by Crippen LogP contribution is 2.29. The minimum atomic E-state index is -4.65. The Morgan fingerprint density at radius 2 is 2.00 bits per heavy atom. The highest BCUT2D eigenvalue weighted by atomic mass is 19.4. The average Bonchev–Trinajstić information content (AvgIpc) is 2.99. The molecule has 3 nitrogen and oxygen atoms in total. The van der Waals surface area contributed by atoms with E-state index >= 15 is 0 Å². The van der Waals surface area contributed by atoms with Gasteiger partial charge in [0.05, 0.1) is 0 Å². The largest absolute Gasteiger partial charge is 0.573 e. The van der Waals surface area contributed by atoms with Crippen molar-refractivity contribution in [1.29, 1.82) is 0 Å². The summed E-state index contributed by atoms with van der Waals surface area (Å²) >= 11 is 0. The van der Waals surface area contributed by atoms with Crippen LogP contribution in [0, 0.1) is 0 Å². The van der Waals surface area contributed by atoms with Gasteiger partial charge >= 0.3 is 6.36 Å². The molecule has 21 heavy (non-hydrogen) atoms. The van der Waals surface area contributed by atoms with Crippen molar-refractivity contribution >= 4 is 0 Å². The minimum Gasteiger partial charge on any atom is -0.405 e. The Labute approximate surface area is 122 Å². The van der Waals surface area contributed by atoms with Gasteiger partial charge in [0.25, 0.3) is 0 Å². The van der Waals surface area contributed by atoms with Crippen molar-refractivity contribution in [3.63, 3.8) is 0 Å². The maximum Gasteiger partial charge on any atom is 0.573 e. The van der Waals surface area contributed by atoms with Crippen molar-refractivity contribution in [2.45, 2.75) is 44.3 Å². The van der Waals surface area contributed by atoms with Crippen LogP contribution in [0.5, 0.6) is 5.75 Å². The molecule has 1 aromatic rings. The fourth-order valence-electron chi connectivity index (χ4n) is 3.44. The van der Waals surface area contributed by atoms with E-state index in [1.165, 1.54) is 18.9 Å². The number of fused-ring (bicyclic) bond motifs is 1. The molecule has 1 aromatic carbocycles. The Hall–Kier alpha value is -1.27. The van der Waals surface area contributed by atoms with Gasteiger partial charge < -0.3 is 10.1 Å². The maximum absolute atomic E-state index is 12.4. The number of nitrogens with zero attached hydrogens (tertiary/aromatic N) is 1. The van der Waals surface area contributed by atoms with Gasteiger partial charge in [0.2, 0.25) is 0 Å². The summed E-state index contributed by atoms with van der Waals surface area (Å²) in [6.07, 6.45) is -1.19. The van der Waals surface area contributed by atoms with Gasteiger partial charge in [-0.05, 0) is 31.9 Å². The maximum atomic E-state index is 12.4. The highest BCUT2D eigenvalue weighted by Gasteiger charge is 2.37. The van der Waals surface area contributed by atoms with Gasteiger partial charge in [-0.3, -0.25) is 4.90 Å². The van der Waals surface area contributed by atoms with Crippen LogP contribution in [0.3, 0.4) is 0 Å². The first-order valence-electron chi connectivity index (χ1n) is 7.34. The topological polar surface area (TPSA) is 24.5 Å². The molecule has 0 radical (unpaired) electrons. The second-order valence-electron chi connectivity index (χ2n) is 5.68. The van der Waals surface area contributed by atoms with Crippen molar-refractivity contribution in [2.75, 3.05) is 13.1 Å². The monoisotopic (exact) mass is 300 g/mol. The molecule has 2 saturated heterocycles. The summed E-state index contributed by atoms with van der Waals surface area (Å²) in [7, 11) is 0. The van der Waals surface area contributed by atoms with E-state index in [2.05, 4.69) is 15.0 Å². The van der Waals surface area contributed by atoms with Crippen LogP contribution in [-0.4, -0.2) is 36.4 Å². The van der Waals surface area contributed by atoms with Gasteiger partial charge in [-0.2, -0.15) is 0 Å². The van der Waals surface area contributed by atoms with Crippen molar-refractivity contribution < 1.29 is 17.9 Å². The van der Waals surface area contributed by atoms with Crippen molar-refractivity contribution in [2.24, 2.45) is 0 Å². The molecule has 2 fully saturated rings. The first kappa shape index (κ1) is 14.7. The molecule has 2 unspecified atom stereocenters. The molecule has 0 bridgehead atoms. The van der Waals surface area contributed by atoms with Crippen molar-refractivity contribution in [3.8, 4) is 5.75 Å². The predicted molar refractivity (Wildman–Crippen MR) is 73.0 cm³/mol. The third-order valence-corrected chi connectivity index (χ3v) is 4.36. The summed E-state index contributed by atoms with van der Waals surface area (Å²) in [5.74, 6) is -0.112. The Morgan fingerprint density at radius 3 is 2.81 bits per heavy atom. The van der Waals surface area contributed by atoms with Crippen LogP contribution in [0.2, 0.25) is 0 Å².